The molecule has 35 heavy (non-hydrogen) atoms. The third-order valence-corrected chi connectivity index (χ3v) is 9.44. The van der Waals surface area contributed by atoms with E-state index in [1.807, 2.05) is 18.2 Å². The molecule has 2 aliphatic rings. The van der Waals surface area contributed by atoms with Gasteiger partial charge in [-0.1, -0.05) is 33.6 Å². The average molecular weight is 511 g/mol. The van der Waals surface area contributed by atoms with Gasteiger partial charge >= 0.3 is 10.2 Å². The van der Waals surface area contributed by atoms with E-state index in [1.54, 1.807) is 11.4 Å². The smallest absolute Gasteiger partial charge is 0.303 e. The largest absolute Gasteiger partial charge is 0.327 e. The summed E-state index contributed by atoms with van der Waals surface area (Å²) in [6.45, 7) is 8.07. The normalized spacial score (nSPS) is 22.6. The zero-order valence-electron chi connectivity index (χ0n) is 21.6. The van der Waals surface area contributed by atoms with Crippen LogP contribution in [0.4, 0.5) is 14.5 Å². The van der Waals surface area contributed by atoms with Crippen LogP contribution in [-0.4, -0.2) is 48.3 Å². The maximum atomic E-state index is 14.1. The molecule has 0 amide bonds. The lowest BCUT2D eigenvalue weighted by atomic mass is 9.88. The van der Waals surface area contributed by atoms with Gasteiger partial charge in [0.15, 0.2) is 0 Å². The predicted octanol–water partition coefficient (Wildman–Crippen LogP) is 6.11. The molecule has 6 nitrogen and oxygen atoms in total. The summed E-state index contributed by atoms with van der Waals surface area (Å²) in [4.78, 5) is 4.94. The highest BCUT2D eigenvalue weighted by Crippen LogP contribution is 2.36. The number of aromatic nitrogens is 2. The second kappa shape index (κ2) is 9.96. The molecule has 1 aliphatic carbocycles. The number of benzene rings is 1. The Bertz CT molecular complexity index is 1130. The van der Waals surface area contributed by atoms with Crippen LogP contribution in [0.5, 0.6) is 0 Å². The number of alkyl halides is 2. The van der Waals surface area contributed by atoms with Crippen LogP contribution in [0.2, 0.25) is 0 Å². The number of hydrogen-bond acceptors (Lipinski definition) is 3. The van der Waals surface area contributed by atoms with Gasteiger partial charge in [-0.2, -0.15) is 12.7 Å². The summed E-state index contributed by atoms with van der Waals surface area (Å²) >= 11 is 0. The summed E-state index contributed by atoms with van der Waals surface area (Å²) in [6, 6.07) is 5.61. The number of piperidine rings is 1. The van der Waals surface area contributed by atoms with Gasteiger partial charge in [0, 0.05) is 44.9 Å². The van der Waals surface area contributed by atoms with Crippen molar-refractivity contribution in [1.82, 2.24) is 13.9 Å². The van der Waals surface area contributed by atoms with Gasteiger partial charge < -0.3 is 4.57 Å². The van der Waals surface area contributed by atoms with Crippen LogP contribution < -0.4 is 4.31 Å². The fourth-order valence-corrected chi connectivity index (χ4v) is 6.86. The second-order valence-corrected chi connectivity index (χ2v) is 13.4. The second-order valence-electron chi connectivity index (χ2n) is 11.4. The van der Waals surface area contributed by atoms with Crippen molar-refractivity contribution in [1.29, 1.82) is 0 Å². The van der Waals surface area contributed by atoms with Gasteiger partial charge in [-0.3, -0.25) is 4.31 Å². The lowest BCUT2D eigenvalue weighted by Crippen LogP contribution is -2.44. The molecule has 0 N–H and O–H groups in total. The van der Waals surface area contributed by atoms with Crippen molar-refractivity contribution in [2.45, 2.75) is 96.4 Å². The van der Waals surface area contributed by atoms with Crippen LogP contribution in [0.15, 0.2) is 18.2 Å². The number of hydrogen-bond donors (Lipinski definition) is 0. The molecule has 1 saturated heterocycles. The number of fused-ring (bicyclic) bond motifs is 1. The van der Waals surface area contributed by atoms with Crippen molar-refractivity contribution in [3.63, 3.8) is 0 Å². The fourth-order valence-electron chi connectivity index (χ4n) is 5.42. The maximum absolute atomic E-state index is 14.1. The van der Waals surface area contributed by atoms with Gasteiger partial charge in [-0.25, -0.2) is 13.8 Å². The standard InChI is InChI=1S/C26H40F2N4O2S/c1-25(2,3)24-29-22-18-21(30(4)35(33,34)31-16-8-5-9-17-31)11-12-23(22)32(24)19-20-10-6-7-14-26(27,28)15-13-20/h11-12,18,20H,5-10,13-17,19H2,1-4H3. The molecule has 1 aliphatic heterocycles. The summed E-state index contributed by atoms with van der Waals surface area (Å²) in [5.74, 6) is -1.50. The van der Waals surface area contributed by atoms with Crippen LogP contribution >= 0.6 is 0 Å². The van der Waals surface area contributed by atoms with E-state index in [1.165, 1.54) is 4.31 Å². The van der Waals surface area contributed by atoms with E-state index in [9.17, 15) is 17.2 Å². The Morgan fingerprint density at radius 2 is 1.77 bits per heavy atom. The molecule has 1 atom stereocenters. The SMILES string of the molecule is CN(c1ccc2c(c1)nc(C(C)(C)C)n2CC1CCCCC(F)(F)CC1)S(=O)(=O)N1CCCCC1. The van der Waals surface area contributed by atoms with Crippen molar-refractivity contribution in [2.24, 2.45) is 5.92 Å². The summed E-state index contributed by atoms with van der Waals surface area (Å²) in [7, 11) is -2.00. The van der Waals surface area contributed by atoms with E-state index >= 15 is 0 Å². The lowest BCUT2D eigenvalue weighted by molar-refractivity contribution is -0.0298. The summed E-state index contributed by atoms with van der Waals surface area (Å²) in [5, 5.41) is 0. The van der Waals surface area contributed by atoms with E-state index in [0.717, 1.165) is 49.0 Å². The number of halogens is 2. The van der Waals surface area contributed by atoms with E-state index in [0.29, 0.717) is 38.2 Å². The van der Waals surface area contributed by atoms with Crippen LogP contribution in [-0.2, 0) is 22.2 Å². The van der Waals surface area contributed by atoms with Crippen molar-refractivity contribution >= 4 is 26.9 Å². The molecule has 2 fully saturated rings. The number of anilines is 1. The molecule has 1 aromatic carbocycles. The first-order valence-corrected chi connectivity index (χ1v) is 14.4. The molecule has 2 aromatic rings. The van der Waals surface area contributed by atoms with Crippen molar-refractivity contribution in [3.05, 3.63) is 24.0 Å². The summed E-state index contributed by atoms with van der Waals surface area (Å²) in [6.07, 6.45) is 5.61. The molecule has 0 spiro atoms. The van der Waals surface area contributed by atoms with Crippen LogP contribution in [0, 0.1) is 5.92 Å². The van der Waals surface area contributed by atoms with Gasteiger partial charge in [-0.15, -0.1) is 0 Å². The third-order valence-electron chi connectivity index (χ3n) is 7.52. The maximum Gasteiger partial charge on any atom is 0.303 e. The minimum atomic E-state index is -3.60. The Morgan fingerprint density at radius 3 is 2.46 bits per heavy atom. The van der Waals surface area contributed by atoms with Gasteiger partial charge in [0.1, 0.15) is 5.82 Å². The first-order chi connectivity index (χ1) is 16.4. The van der Waals surface area contributed by atoms with Crippen LogP contribution in [0.1, 0.15) is 84.4 Å². The number of imidazole rings is 1. The fraction of sp³-hybridized carbons (Fsp3) is 0.731. The minimum absolute atomic E-state index is 0.00238. The quantitative estimate of drug-likeness (QED) is 0.488. The van der Waals surface area contributed by atoms with E-state index in [4.69, 9.17) is 4.98 Å². The molecular formula is C26H40F2N4O2S. The van der Waals surface area contributed by atoms with Gasteiger partial charge in [0.05, 0.1) is 16.7 Å². The van der Waals surface area contributed by atoms with E-state index in [-0.39, 0.29) is 24.2 Å². The molecular weight excluding hydrogens is 470 g/mol. The van der Waals surface area contributed by atoms with Crippen molar-refractivity contribution in [2.75, 3.05) is 24.4 Å². The predicted molar refractivity (Wildman–Crippen MR) is 137 cm³/mol. The zero-order valence-corrected chi connectivity index (χ0v) is 22.4. The van der Waals surface area contributed by atoms with E-state index in [2.05, 4.69) is 25.3 Å². The first kappa shape index (κ1) is 26.3. The van der Waals surface area contributed by atoms with Gasteiger partial charge in [0.25, 0.3) is 0 Å². The zero-order chi connectivity index (χ0) is 25.4. The van der Waals surface area contributed by atoms with E-state index < -0.39 is 16.1 Å². The first-order valence-electron chi connectivity index (χ1n) is 13.0. The molecule has 9 heteroatoms. The Kier molecular flexibility index (Phi) is 7.49. The topological polar surface area (TPSA) is 58.4 Å². The molecule has 1 aromatic heterocycles. The molecule has 1 unspecified atom stereocenters. The number of rotatable bonds is 5. The average Bonchev–Trinajstić information content (AvgIpc) is 3.17. The lowest BCUT2D eigenvalue weighted by Gasteiger charge is -2.31. The highest BCUT2D eigenvalue weighted by Gasteiger charge is 2.33. The Balaban J connectivity index is 1.65. The van der Waals surface area contributed by atoms with Crippen molar-refractivity contribution in [3.8, 4) is 0 Å². The molecule has 196 valence electrons. The minimum Gasteiger partial charge on any atom is -0.327 e. The highest BCUT2D eigenvalue weighted by atomic mass is 32.2. The number of nitrogens with zero attached hydrogens (tertiary/aromatic N) is 4. The summed E-state index contributed by atoms with van der Waals surface area (Å²) in [5.41, 5.74) is 2.01. The molecule has 4 rings (SSSR count). The molecule has 1 saturated carbocycles. The molecule has 2 heterocycles. The van der Waals surface area contributed by atoms with Gasteiger partial charge in [-0.05, 0) is 56.2 Å². The Labute approximate surface area is 208 Å². The van der Waals surface area contributed by atoms with Gasteiger partial charge in [0.2, 0.25) is 5.92 Å². The van der Waals surface area contributed by atoms with Crippen molar-refractivity contribution < 1.29 is 17.2 Å². The van der Waals surface area contributed by atoms with Crippen LogP contribution in [0.25, 0.3) is 11.0 Å². The van der Waals surface area contributed by atoms with Crippen LogP contribution in [0.3, 0.4) is 0 Å². The molecule has 0 bridgehead atoms. The monoisotopic (exact) mass is 510 g/mol. The summed E-state index contributed by atoms with van der Waals surface area (Å²) < 4.78 is 59.7. The highest BCUT2D eigenvalue weighted by molar-refractivity contribution is 7.90. The molecule has 0 radical (unpaired) electrons. The third kappa shape index (κ3) is 5.82. The Morgan fingerprint density at radius 1 is 1.06 bits per heavy atom. The Hall–Kier alpha value is -1.74.